The average molecular weight is 368 g/mol. The van der Waals surface area contributed by atoms with Crippen LogP contribution < -0.4 is 9.64 Å². The van der Waals surface area contributed by atoms with Crippen molar-refractivity contribution in [3.63, 3.8) is 0 Å². The normalized spacial score (nSPS) is 22.7. The minimum Gasteiger partial charge on any atom is -0.494 e. The van der Waals surface area contributed by atoms with Crippen LogP contribution in [0.5, 0.6) is 5.75 Å². The molecule has 2 aliphatic heterocycles. The molecule has 2 saturated heterocycles. The lowest BCUT2D eigenvalue weighted by molar-refractivity contribution is 0.0454. The summed E-state index contributed by atoms with van der Waals surface area (Å²) in [5.74, 6) is 1.45. The molecule has 2 fully saturated rings. The summed E-state index contributed by atoms with van der Waals surface area (Å²) in [4.78, 5) is 34.2. The summed E-state index contributed by atoms with van der Waals surface area (Å²) < 4.78 is 5.07. The Labute approximate surface area is 158 Å². The number of carbonyl (C=O) groups is 1. The highest BCUT2D eigenvalue weighted by atomic mass is 16.5. The zero-order chi connectivity index (χ0) is 18.7. The second-order valence-electron chi connectivity index (χ2n) is 7.35. The number of piperidine rings is 2. The fourth-order valence-corrected chi connectivity index (χ4v) is 4.22. The van der Waals surface area contributed by atoms with E-state index in [0.29, 0.717) is 5.75 Å². The molecule has 0 radical (unpaired) electrons. The van der Waals surface area contributed by atoms with Gasteiger partial charge in [0.2, 0.25) is 11.8 Å². The number of anilines is 1. The van der Waals surface area contributed by atoms with E-state index in [9.17, 15) is 4.79 Å². The Bertz CT molecular complexity index is 781. The van der Waals surface area contributed by atoms with Gasteiger partial charge in [0.25, 0.3) is 5.91 Å². The van der Waals surface area contributed by atoms with Gasteiger partial charge in [0.15, 0.2) is 5.75 Å². The summed E-state index contributed by atoms with van der Waals surface area (Å²) in [7, 11) is 1.56. The Balaban J connectivity index is 1.48. The molecular weight excluding hydrogens is 344 g/mol. The molecule has 2 aromatic rings. The predicted octanol–water partition coefficient (Wildman–Crippen LogP) is 1.80. The lowest BCUT2D eigenvalue weighted by Crippen LogP contribution is -2.54. The number of hydrogen-bond acceptors (Lipinski definition) is 7. The fraction of sp³-hybridized carbons (Fsp3) is 0.526. The van der Waals surface area contributed by atoms with Crippen LogP contribution in [-0.2, 0) is 0 Å². The molecule has 1 atom stereocenters. The minimum absolute atomic E-state index is 0.0812. The Morgan fingerprint density at radius 2 is 1.74 bits per heavy atom. The maximum Gasteiger partial charge on any atom is 0.291 e. The summed E-state index contributed by atoms with van der Waals surface area (Å²) >= 11 is 0. The zero-order valence-electron chi connectivity index (χ0n) is 15.5. The molecule has 1 amide bonds. The van der Waals surface area contributed by atoms with Gasteiger partial charge in [0.05, 0.1) is 19.5 Å². The van der Waals surface area contributed by atoms with Crippen LogP contribution in [0, 0.1) is 5.41 Å². The summed E-state index contributed by atoms with van der Waals surface area (Å²) in [6, 6.07) is 1.83. The Morgan fingerprint density at radius 3 is 2.44 bits per heavy atom. The van der Waals surface area contributed by atoms with Crippen LogP contribution in [0.25, 0.3) is 0 Å². The molecule has 1 unspecified atom stereocenters. The van der Waals surface area contributed by atoms with Crippen LogP contribution in [0.1, 0.15) is 36.3 Å². The van der Waals surface area contributed by atoms with Gasteiger partial charge in [0, 0.05) is 44.0 Å². The lowest BCUT2D eigenvalue weighted by Gasteiger charge is -2.48. The van der Waals surface area contributed by atoms with Gasteiger partial charge in [-0.1, -0.05) is 0 Å². The van der Waals surface area contributed by atoms with E-state index in [1.165, 1.54) is 12.4 Å². The quantitative estimate of drug-likeness (QED) is 0.817. The molecule has 0 aromatic carbocycles. The number of amides is 1. The molecule has 2 aromatic heterocycles. The van der Waals surface area contributed by atoms with E-state index in [1.807, 2.05) is 11.0 Å². The van der Waals surface area contributed by atoms with E-state index >= 15 is 0 Å². The molecule has 1 spiro atoms. The predicted molar refractivity (Wildman–Crippen MR) is 99.6 cm³/mol. The van der Waals surface area contributed by atoms with Crippen molar-refractivity contribution in [1.29, 1.82) is 0 Å². The molecule has 8 nitrogen and oxygen atoms in total. The van der Waals surface area contributed by atoms with Gasteiger partial charge in [-0.05, 0) is 31.7 Å². The van der Waals surface area contributed by atoms with E-state index in [1.54, 1.807) is 19.5 Å². The number of methoxy groups -OCH3 is 1. The third-order valence-electron chi connectivity index (χ3n) is 5.50. The first-order valence-electron chi connectivity index (χ1n) is 9.36. The molecule has 142 valence electrons. The largest absolute Gasteiger partial charge is 0.494 e. The summed E-state index contributed by atoms with van der Waals surface area (Å²) in [5, 5.41) is 0. The number of nitrogens with zero attached hydrogens (tertiary/aromatic N) is 6. The van der Waals surface area contributed by atoms with Crippen molar-refractivity contribution < 1.29 is 9.53 Å². The molecule has 4 heterocycles. The van der Waals surface area contributed by atoms with Crippen LogP contribution in [0.4, 0.5) is 5.95 Å². The highest BCUT2D eigenvalue weighted by Crippen LogP contribution is 2.39. The van der Waals surface area contributed by atoms with Crippen molar-refractivity contribution in [2.75, 3.05) is 38.2 Å². The average Bonchev–Trinajstić information content (AvgIpc) is 2.74. The van der Waals surface area contributed by atoms with Gasteiger partial charge < -0.3 is 14.5 Å². The Morgan fingerprint density at radius 1 is 1.04 bits per heavy atom. The number of rotatable bonds is 3. The van der Waals surface area contributed by atoms with Crippen molar-refractivity contribution in [3.05, 3.63) is 36.7 Å². The highest BCUT2D eigenvalue weighted by molar-refractivity contribution is 5.90. The highest BCUT2D eigenvalue weighted by Gasteiger charge is 2.41. The number of carbonyl (C=O) groups excluding carboxylic acids is 1. The van der Waals surface area contributed by atoms with Gasteiger partial charge in [0.1, 0.15) is 0 Å². The van der Waals surface area contributed by atoms with Crippen LogP contribution in [0.3, 0.4) is 0 Å². The molecule has 8 heteroatoms. The van der Waals surface area contributed by atoms with Crippen molar-refractivity contribution in [1.82, 2.24) is 24.8 Å². The molecule has 0 saturated carbocycles. The maximum absolute atomic E-state index is 12.9. The summed E-state index contributed by atoms with van der Waals surface area (Å²) in [5.41, 5.74) is 0.0812. The maximum atomic E-state index is 12.9. The van der Waals surface area contributed by atoms with Gasteiger partial charge >= 0.3 is 0 Å². The molecule has 27 heavy (non-hydrogen) atoms. The van der Waals surface area contributed by atoms with Crippen molar-refractivity contribution in [2.24, 2.45) is 5.41 Å². The van der Waals surface area contributed by atoms with E-state index < -0.39 is 0 Å². The Hall–Kier alpha value is -2.77. The van der Waals surface area contributed by atoms with Crippen LogP contribution in [-0.4, -0.2) is 64.0 Å². The topological polar surface area (TPSA) is 84.3 Å². The number of aromatic nitrogens is 4. The molecule has 0 bridgehead atoms. The SMILES string of the molecule is COc1cnc(C(=O)N2CCCC3(CCCN(c4ncccn4)C3)C2)nc1. The van der Waals surface area contributed by atoms with E-state index in [0.717, 1.165) is 57.8 Å². The fourth-order valence-electron chi connectivity index (χ4n) is 4.22. The number of likely N-dealkylation sites (tertiary alicyclic amines) is 1. The number of ether oxygens (including phenoxy) is 1. The van der Waals surface area contributed by atoms with Crippen molar-refractivity contribution in [3.8, 4) is 5.75 Å². The van der Waals surface area contributed by atoms with Gasteiger partial charge in [-0.25, -0.2) is 19.9 Å². The third-order valence-corrected chi connectivity index (χ3v) is 5.50. The zero-order valence-corrected chi connectivity index (χ0v) is 15.5. The first-order chi connectivity index (χ1) is 13.2. The van der Waals surface area contributed by atoms with Gasteiger partial charge in [-0.15, -0.1) is 0 Å². The monoisotopic (exact) mass is 368 g/mol. The molecule has 0 aliphatic carbocycles. The van der Waals surface area contributed by atoms with Crippen LogP contribution in [0.2, 0.25) is 0 Å². The second kappa shape index (κ2) is 7.46. The Kier molecular flexibility index (Phi) is 4.87. The second-order valence-corrected chi connectivity index (χ2v) is 7.35. The molecule has 0 N–H and O–H groups in total. The van der Waals surface area contributed by atoms with Gasteiger partial charge in [-0.3, -0.25) is 4.79 Å². The van der Waals surface area contributed by atoms with Crippen molar-refractivity contribution >= 4 is 11.9 Å². The first-order valence-corrected chi connectivity index (χ1v) is 9.36. The summed E-state index contributed by atoms with van der Waals surface area (Å²) in [6.45, 7) is 3.31. The van der Waals surface area contributed by atoms with Crippen molar-refractivity contribution in [2.45, 2.75) is 25.7 Å². The van der Waals surface area contributed by atoms with E-state index in [-0.39, 0.29) is 17.1 Å². The lowest BCUT2D eigenvalue weighted by atomic mass is 9.73. The smallest absolute Gasteiger partial charge is 0.291 e. The third kappa shape index (κ3) is 3.70. The molecule has 4 rings (SSSR count). The van der Waals surface area contributed by atoms with Crippen LogP contribution in [0.15, 0.2) is 30.9 Å². The first kappa shape index (κ1) is 17.6. The van der Waals surface area contributed by atoms with E-state index in [4.69, 9.17) is 4.74 Å². The standard InChI is InChI=1S/C19H24N6O2/c1-27-15-11-22-16(23-12-15)17(26)24-9-2-5-19(13-24)6-3-10-25(14-19)18-20-7-4-8-21-18/h4,7-8,11-12H,2-3,5-6,9-10,13-14H2,1H3. The molecule has 2 aliphatic rings. The summed E-state index contributed by atoms with van der Waals surface area (Å²) in [6.07, 6.45) is 10.9. The minimum atomic E-state index is -0.107. The molecular formula is C19H24N6O2. The van der Waals surface area contributed by atoms with Gasteiger partial charge in [-0.2, -0.15) is 0 Å². The van der Waals surface area contributed by atoms with Crippen LogP contribution >= 0.6 is 0 Å². The van der Waals surface area contributed by atoms with E-state index in [2.05, 4.69) is 24.8 Å². The number of hydrogen-bond donors (Lipinski definition) is 0.